The summed E-state index contributed by atoms with van der Waals surface area (Å²) >= 11 is 16.3. The Morgan fingerprint density at radius 2 is 2.04 bits per heavy atom. The fraction of sp³-hybridized carbons (Fsp3) is 0.222. The van der Waals surface area contributed by atoms with E-state index < -0.39 is 0 Å². The number of aryl methyl sites for hydroxylation is 1. The number of halogens is 2. The number of benzene rings is 1. The zero-order valence-electron chi connectivity index (χ0n) is 14.0. The van der Waals surface area contributed by atoms with Crippen LogP contribution in [0, 0.1) is 13.8 Å². The molecule has 1 aromatic heterocycles. The van der Waals surface area contributed by atoms with Gasteiger partial charge in [0.1, 0.15) is 4.32 Å². The highest BCUT2D eigenvalue weighted by Crippen LogP contribution is 2.34. The zero-order valence-corrected chi connectivity index (χ0v) is 17.9. The molecule has 1 fully saturated rings. The van der Waals surface area contributed by atoms with E-state index in [1.165, 1.54) is 11.8 Å². The molecule has 7 heteroatoms. The van der Waals surface area contributed by atoms with Crippen molar-refractivity contribution in [2.75, 3.05) is 6.54 Å². The maximum Gasteiger partial charge on any atom is 0.266 e. The predicted octanol–water partition coefficient (Wildman–Crippen LogP) is 5.73. The van der Waals surface area contributed by atoms with Crippen molar-refractivity contribution in [2.45, 2.75) is 20.8 Å². The van der Waals surface area contributed by atoms with Crippen LogP contribution in [0.2, 0.25) is 5.02 Å². The molecule has 0 unspecified atom stereocenters. The first-order valence-electron chi connectivity index (χ1n) is 7.73. The average molecular weight is 456 g/mol. The van der Waals surface area contributed by atoms with Crippen molar-refractivity contribution < 1.29 is 4.79 Å². The summed E-state index contributed by atoms with van der Waals surface area (Å²) in [7, 11) is 0. The number of aromatic nitrogens is 1. The lowest BCUT2D eigenvalue weighted by Gasteiger charge is -2.11. The summed E-state index contributed by atoms with van der Waals surface area (Å²) in [4.78, 5) is 14.7. The summed E-state index contributed by atoms with van der Waals surface area (Å²) in [5.74, 6) is -0.0195. The number of nitrogens with zero attached hydrogens (tertiary/aromatic N) is 2. The monoisotopic (exact) mass is 454 g/mol. The van der Waals surface area contributed by atoms with Gasteiger partial charge < -0.3 is 4.57 Å². The molecule has 0 aliphatic carbocycles. The van der Waals surface area contributed by atoms with Crippen molar-refractivity contribution in [3.8, 4) is 5.69 Å². The summed E-state index contributed by atoms with van der Waals surface area (Å²) in [5.41, 5.74) is 4.13. The highest BCUT2D eigenvalue weighted by molar-refractivity contribution is 9.10. The molecule has 1 saturated heterocycles. The van der Waals surface area contributed by atoms with Gasteiger partial charge in [-0.1, -0.05) is 35.6 Å². The van der Waals surface area contributed by atoms with Gasteiger partial charge in [0.25, 0.3) is 5.91 Å². The number of thiocarbonyl (C=S) groups is 1. The van der Waals surface area contributed by atoms with Crippen LogP contribution in [0.25, 0.3) is 11.8 Å². The molecule has 0 N–H and O–H groups in total. The van der Waals surface area contributed by atoms with Crippen LogP contribution in [0.1, 0.15) is 23.9 Å². The van der Waals surface area contributed by atoms with E-state index in [4.69, 9.17) is 23.8 Å². The number of amides is 1. The summed E-state index contributed by atoms with van der Waals surface area (Å²) in [6.45, 7) is 6.60. The normalized spacial score (nSPS) is 16.4. The molecule has 0 bridgehead atoms. The number of carbonyl (C=O) groups excluding carboxylic acids is 1. The number of likely N-dealkylation sites (N-methyl/N-ethyl adjacent to an activating group) is 1. The second-order valence-corrected chi connectivity index (χ2v) is 8.62. The Hall–Kier alpha value is -1.08. The van der Waals surface area contributed by atoms with Crippen LogP contribution in [0.5, 0.6) is 0 Å². The van der Waals surface area contributed by atoms with Crippen LogP contribution in [0.3, 0.4) is 0 Å². The summed E-state index contributed by atoms with van der Waals surface area (Å²) in [6, 6.07) is 7.94. The van der Waals surface area contributed by atoms with Gasteiger partial charge in [0.2, 0.25) is 0 Å². The largest absolute Gasteiger partial charge is 0.318 e. The maximum absolute atomic E-state index is 12.4. The maximum atomic E-state index is 12.4. The quantitative estimate of drug-likeness (QED) is 0.436. The molecule has 0 atom stereocenters. The van der Waals surface area contributed by atoms with E-state index in [0.29, 0.717) is 20.8 Å². The molecular formula is C18H16BrClN2OS2. The van der Waals surface area contributed by atoms with Crippen molar-refractivity contribution in [3.05, 3.63) is 55.6 Å². The second kappa shape index (κ2) is 7.27. The predicted molar refractivity (Wildman–Crippen MR) is 114 cm³/mol. The van der Waals surface area contributed by atoms with Crippen LogP contribution < -0.4 is 0 Å². The highest BCUT2D eigenvalue weighted by atomic mass is 79.9. The Morgan fingerprint density at radius 1 is 1.32 bits per heavy atom. The Labute approximate surface area is 170 Å². The molecule has 0 saturated carbocycles. The minimum atomic E-state index is -0.0195. The minimum Gasteiger partial charge on any atom is -0.318 e. The lowest BCUT2D eigenvalue weighted by molar-refractivity contribution is -0.121. The molecule has 2 aromatic rings. The molecule has 25 heavy (non-hydrogen) atoms. The van der Waals surface area contributed by atoms with Gasteiger partial charge in [-0.05, 0) is 72.6 Å². The van der Waals surface area contributed by atoms with E-state index in [1.807, 2.05) is 45.0 Å². The van der Waals surface area contributed by atoms with Crippen LogP contribution in [0.15, 0.2) is 33.6 Å². The van der Waals surface area contributed by atoms with Crippen LogP contribution in [-0.4, -0.2) is 26.2 Å². The third-order valence-corrected chi connectivity index (χ3v) is 6.72. The number of thioether (sulfide) groups is 1. The SMILES string of the molecule is CCN1C(=O)C(=Cc2cc(C)n(-c3ccc(Br)c(Cl)c3)c2C)SC1=S. The summed E-state index contributed by atoms with van der Waals surface area (Å²) in [6.07, 6.45) is 1.92. The molecule has 1 aromatic carbocycles. The molecule has 1 aliphatic rings. The highest BCUT2D eigenvalue weighted by Gasteiger charge is 2.30. The van der Waals surface area contributed by atoms with Crippen LogP contribution in [-0.2, 0) is 4.79 Å². The Kier molecular flexibility index (Phi) is 5.44. The third-order valence-electron chi connectivity index (χ3n) is 4.11. The van der Waals surface area contributed by atoms with Gasteiger partial charge in [0, 0.05) is 28.1 Å². The molecule has 0 spiro atoms. The van der Waals surface area contributed by atoms with Gasteiger partial charge in [-0.15, -0.1) is 0 Å². The van der Waals surface area contributed by atoms with Gasteiger partial charge in [-0.3, -0.25) is 9.69 Å². The molecule has 3 rings (SSSR count). The van der Waals surface area contributed by atoms with Gasteiger partial charge >= 0.3 is 0 Å². The summed E-state index contributed by atoms with van der Waals surface area (Å²) in [5, 5.41) is 0.662. The van der Waals surface area contributed by atoms with E-state index >= 15 is 0 Å². The van der Waals surface area contributed by atoms with Crippen LogP contribution in [0.4, 0.5) is 0 Å². The fourth-order valence-electron chi connectivity index (χ4n) is 2.87. The first kappa shape index (κ1) is 18.7. The van der Waals surface area contributed by atoms with Crippen molar-refractivity contribution in [2.24, 2.45) is 0 Å². The number of hydrogen-bond donors (Lipinski definition) is 0. The summed E-state index contributed by atoms with van der Waals surface area (Å²) < 4.78 is 3.61. The Balaban J connectivity index is 2.03. The number of rotatable bonds is 3. The molecule has 2 heterocycles. The van der Waals surface area contributed by atoms with E-state index in [1.54, 1.807) is 4.90 Å². The van der Waals surface area contributed by atoms with Crippen molar-refractivity contribution in [1.82, 2.24) is 9.47 Å². The molecule has 0 radical (unpaired) electrons. The molecule has 130 valence electrons. The topological polar surface area (TPSA) is 25.2 Å². The van der Waals surface area contributed by atoms with Gasteiger partial charge in [0.15, 0.2) is 0 Å². The average Bonchev–Trinajstić information content (AvgIpc) is 2.99. The Bertz CT molecular complexity index is 920. The zero-order chi connectivity index (χ0) is 18.3. The molecule has 1 aliphatic heterocycles. The number of carbonyl (C=O) groups is 1. The first-order valence-corrected chi connectivity index (χ1v) is 10.1. The molecular weight excluding hydrogens is 440 g/mol. The van der Waals surface area contributed by atoms with Crippen molar-refractivity contribution in [1.29, 1.82) is 0 Å². The Morgan fingerprint density at radius 3 is 2.64 bits per heavy atom. The van der Waals surface area contributed by atoms with Crippen LogP contribution >= 0.6 is 51.5 Å². The first-order chi connectivity index (χ1) is 11.8. The van der Waals surface area contributed by atoms with Crippen molar-refractivity contribution >= 4 is 67.8 Å². The third kappa shape index (κ3) is 3.45. The smallest absolute Gasteiger partial charge is 0.266 e. The van der Waals surface area contributed by atoms with Gasteiger partial charge in [-0.25, -0.2) is 0 Å². The van der Waals surface area contributed by atoms with E-state index in [2.05, 4.69) is 26.6 Å². The lowest BCUT2D eigenvalue weighted by Crippen LogP contribution is -2.27. The minimum absolute atomic E-state index is 0.0195. The van der Waals surface area contributed by atoms with E-state index in [-0.39, 0.29) is 5.91 Å². The van der Waals surface area contributed by atoms with Gasteiger partial charge in [-0.2, -0.15) is 0 Å². The van der Waals surface area contributed by atoms with Crippen molar-refractivity contribution in [3.63, 3.8) is 0 Å². The van der Waals surface area contributed by atoms with E-state index in [9.17, 15) is 4.79 Å². The molecule has 3 nitrogen and oxygen atoms in total. The lowest BCUT2D eigenvalue weighted by atomic mass is 10.2. The van der Waals surface area contributed by atoms with E-state index in [0.717, 1.165) is 27.1 Å². The standard InChI is InChI=1S/C18H16BrClN2OS2/c1-4-21-17(23)16(25-18(21)24)8-12-7-10(2)22(11(12)3)13-5-6-14(19)15(20)9-13/h5-9H,4H2,1-3H3. The number of hydrogen-bond acceptors (Lipinski definition) is 3. The van der Waals surface area contributed by atoms with Gasteiger partial charge in [0.05, 0.1) is 9.93 Å². The fourth-order valence-corrected chi connectivity index (χ4v) is 4.67. The second-order valence-electron chi connectivity index (χ2n) is 5.69. The molecule has 1 amide bonds.